The first-order chi connectivity index (χ1) is 17.2. The number of allylic oxidation sites excluding steroid dienone is 1. The Morgan fingerprint density at radius 2 is 1.77 bits per heavy atom. The maximum absolute atomic E-state index is 13.6. The molecule has 6 nitrogen and oxygen atoms in total. The number of hydrogen-bond acceptors (Lipinski definition) is 5. The standard InChI is InChI=1S/C28H29N5OS/c1-32-27(21-15-16-21)29-30-28(32)35-18-24(34)33-26(20-11-6-3-7-12-20)23-14-8-13-22(25(23)31-33)17-19-9-4-2-5-10-19/h2-7,9-12,17,21,23,26H,8,13-16,18H2,1H3. The summed E-state index contributed by atoms with van der Waals surface area (Å²) in [7, 11) is 2.00. The lowest BCUT2D eigenvalue weighted by atomic mass is 9.77. The van der Waals surface area contributed by atoms with Crippen LogP contribution >= 0.6 is 11.8 Å². The van der Waals surface area contributed by atoms with Crippen molar-refractivity contribution in [3.05, 3.63) is 83.2 Å². The summed E-state index contributed by atoms with van der Waals surface area (Å²) in [5.74, 6) is 2.08. The van der Waals surface area contributed by atoms with Crippen LogP contribution in [0.25, 0.3) is 6.08 Å². The number of amides is 1. The van der Waals surface area contributed by atoms with Crippen molar-refractivity contribution in [1.29, 1.82) is 0 Å². The fourth-order valence-electron chi connectivity index (χ4n) is 5.28. The van der Waals surface area contributed by atoms with Crippen LogP contribution in [0.15, 0.2) is 76.5 Å². The van der Waals surface area contributed by atoms with E-state index in [0.717, 1.165) is 41.5 Å². The molecule has 178 valence electrons. The van der Waals surface area contributed by atoms with Crippen LogP contribution in [0, 0.1) is 5.92 Å². The summed E-state index contributed by atoms with van der Waals surface area (Å²) in [6.07, 6.45) is 7.74. The van der Waals surface area contributed by atoms with Crippen LogP contribution in [-0.2, 0) is 11.8 Å². The van der Waals surface area contributed by atoms with Gasteiger partial charge in [-0.05, 0) is 54.9 Å². The van der Waals surface area contributed by atoms with Gasteiger partial charge in [0.05, 0.1) is 17.5 Å². The minimum Gasteiger partial charge on any atom is -0.309 e. The maximum Gasteiger partial charge on any atom is 0.253 e. The number of nitrogens with zero attached hydrogens (tertiary/aromatic N) is 5. The van der Waals surface area contributed by atoms with Crippen LogP contribution in [0.1, 0.15) is 61.0 Å². The van der Waals surface area contributed by atoms with Crippen LogP contribution in [-0.4, -0.2) is 37.1 Å². The molecule has 7 heteroatoms. The normalized spacial score (nSPS) is 22.8. The highest BCUT2D eigenvalue weighted by molar-refractivity contribution is 7.99. The highest BCUT2D eigenvalue weighted by atomic mass is 32.2. The van der Waals surface area contributed by atoms with Gasteiger partial charge in [0, 0.05) is 18.9 Å². The zero-order chi connectivity index (χ0) is 23.8. The average molecular weight is 484 g/mol. The molecule has 0 saturated heterocycles. The Balaban J connectivity index is 1.28. The summed E-state index contributed by atoms with van der Waals surface area (Å²) in [6.45, 7) is 0. The van der Waals surface area contributed by atoms with E-state index in [2.05, 4.69) is 52.7 Å². The van der Waals surface area contributed by atoms with Gasteiger partial charge in [0.15, 0.2) is 5.16 Å². The van der Waals surface area contributed by atoms with Gasteiger partial charge in [-0.25, -0.2) is 5.01 Å². The highest BCUT2D eigenvalue weighted by Crippen LogP contribution is 2.45. The second-order valence-electron chi connectivity index (χ2n) is 9.62. The lowest BCUT2D eigenvalue weighted by Crippen LogP contribution is -2.32. The molecule has 2 unspecified atom stereocenters. The van der Waals surface area contributed by atoms with Crippen LogP contribution in [0.4, 0.5) is 0 Å². The molecule has 35 heavy (non-hydrogen) atoms. The largest absolute Gasteiger partial charge is 0.309 e. The summed E-state index contributed by atoms with van der Waals surface area (Å²) >= 11 is 1.46. The van der Waals surface area contributed by atoms with E-state index < -0.39 is 0 Å². The molecule has 2 fully saturated rings. The van der Waals surface area contributed by atoms with Gasteiger partial charge in [0.25, 0.3) is 5.91 Å². The molecule has 2 aliphatic carbocycles. The number of benzene rings is 2. The van der Waals surface area contributed by atoms with Crippen molar-refractivity contribution < 1.29 is 4.79 Å². The third-order valence-corrected chi connectivity index (χ3v) is 8.18. The van der Waals surface area contributed by atoms with Gasteiger partial charge in [-0.3, -0.25) is 4.79 Å². The third kappa shape index (κ3) is 4.45. The molecule has 1 amide bonds. The van der Waals surface area contributed by atoms with Crippen molar-refractivity contribution in [3.63, 3.8) is 0 Å². The number of hydrogen-bond donors (Lipinski definition) is 0. The third-order valence-electron chi connectivity index (χ3n) is 7.17. The molecule has 0 spiro atoms. The molecule has 3 aliphatic rings. The van der Waals surface area contributed by atoms with E-state index in [4.69, 9.17) is 5.10 Å². The van der Waals surface area contributed by atoms with Crippen LogP contribution in [0.2, 0.25) is 0 Å². The van der Waals surface area contributed by atoms with Gasteiger partial charge in [-0.2, -0.15) is 5.10 Å². The quantitative estimate of drug-likeness (QED) is 0.428. The molecule has 0 radical (unpaired) electrons. The number of thioether (sulfide) groups is 1. The molecule has 2 atom stereocenters. The van der Waals surface area contributed by atoms with E-state index in [9.17, 15) is 4.79 Å². The van der Waals surface area contributed by atoms with E-state index in [1.54, 1.807) is 5.01 Å². The molecule has 0 bridgehead atoms. The summed E-state index contributed by atoms with van der Waals surface area (Å²) < 4.78 is 2.04. The predicted octanol–water partition coefficient (Wildman–Crippen LogP) is 5.61. The predicted molar refractivity (Wildman–Crippen MR) is 139 cm³/mol. The molecular weight excluding hydrogens is 454 g/mol. The molecular formula is C28H29N5OS. The Labute approximate surface area is 210 Å². The number of carbonyl (C=O) groups excluding carboxylic acids is 1. The highest BCUT2D eigenvalue weighted by Gasteiger charge is 2.43. The Bertz CT molecular complexity index is 1280. The van der Waals surface area contributed by atoms with Crippen molar-refractivity contribution in [2.45, 2.75) is 49.2 Å². The minimum absolute atomic E-state index is 0.0146. The zero-order valence-electron chi connectivity index (χ0n) is 19.9. The second-order valence-corrected chi connectivity index (χ2v) is 10.6. The average Bonchev–Trinajstić information content (AvgIpc) is 3.55. The van der Waals surface area contributed by atoms with E-state index in [-0.39, 0.29) is 17.9 Å². The smallest absolute Gasteiger partial charge is 0.253 e. The Morgan fingerprint density at radius 1 is 1.03 bits per heavy atom. The monoisotopic (exact) mass is 483 g/mol. The SMILES string of the molecule is Cn1c(SCC(=O)N2N=C3C(=Cc4ccccc4)CCCC3C2c2ccccc2)nnc1C1CC1. The first-order valence-corrected chi connectivity index (χ1v) is 13.4. The summed E-state index contributed by atoms with van der Waals surface area (Å²) in [5, 5.41) is 16.3. The van der Waals surface area contributed by atoms with Crippen LogP contribution < -0.4 is 0 Å². The van der Waals surface area contributed by atoms with Gasteiger partial charge < -0.3 is 4.57 Å². The Kier molecular flexibility index (Phi) is 6.02. The Morgan fingerprint density at radius 3 is 2.51 bits per heavy atom. The summed E-state index contributed by atoms with van der Waals surface area (Å²) in [4.78, 5) is 13.6. The molecule has 1 aromatic heterocycles. The maximum atomic E-state index is 13.6. The molecule has 2 heterocycles. The fraction of sp³-hybridized carbons (Fsp3) is 0.357. The van der Waals surface area contributed by atoms with E-state index in [0.29, 0.717) is 11.7 Å². The van der Waals surface area contributed by atoms with Gasteiger partial charge in [0.1, 0.15) is 5.82 Å². The van der Waals surface area contributed by atoms with Gasteiger partial charge in [0.2, 0.25) is 0 Å². The number of aromatic nitrogens is 3. The fourth-order valence-corrected chi connectivity index (χ4v) is 6.05. The van der Waals surface area contributed by atoms with E-state index >= 15 is 0 Å². The second kappa shape index (κ2) is 9.46. The first-order valence-electron chi connectivity index (χ1n) is 12.4. The lowest BCUT2D eigenvalue weighted by Gasteiger charge is -2.29. The van der Waals surface area contributed by atoms with Crippen molar-refractivity contribution in [2.24, 2.45) is 18.1 Å². The number of carbonyl (C=O) groups is 1. The van der Waals surface area contributed by atoms with Crippen LogP contribution in [0.3, 0.4) is 0 Å². The molecule has 0 N–H and O–H groups in total. The summed E-state index contributed by atoms with van der Waals surface area (Å²) in [5.41, 5.74) is 4.64. The molecule has 2 aromatic carbocycles. The lowest BCUT2D eigenvalue weighted by molar-refractivity contribution is -0.130. The van der Waals surface area contributed by atoms with Gasteiger partial charge >= 0.3 is 0 Å². The first kappa shape index (κ1) is 22.3. The minimum atomic E-state index is -0.0692. The topological polar surface area (TPSA) is 63.4 Å². The molecule has 1 aliphatic heterocycles. The van der Waals surface area contributed by atoms with Crippen molar-refractivity contribution >= 4 is 29.5 Å². The van der Waals surface area contributed by atoms with Gasteiger partial charge in [-0.1, -0.05) is 72.4 Å². The Hall–Kier alpha value is -3.19. The molecule has 3 aromatic rings. The zero-order valence-corrected chi connectivity index (χ0v) is 20.7. The number of hydrazone groups is 1. The van der Waals surface area contributed by atoms with E-state index in [1.807, 2.05) is 35.9 Å². The number of rotatable bonds is 6. The van der Waals surface area contributed by atoms with Crippen LogP contribution in [0.5, 0.6) is 0 Å². The summed E-state index contributed by atoms with van der Waals surface area (Å²) in [6, 6.07) is 20.7. The molecule has 2 saturated carbocycles. The van der Waals surface area contributed by atoms with E-state index in [1.165, 1.54) is 35.7 Å². The van der Waals surface area contributed by atoms with Gasteiger partial charge in [-0.15, -0.1) is 10.2 Å². The van der Waals surface area contributed by atoms with Crippen molar-refractivity contribution in [1.82, 2.24) is 19.8 Å². The molecule has 6 rings (SSSR count). The van der Waals surface area contributed by atoms with Crippen molar-refractivity contribution in [2.75, 3.05) is 5.75 Å². The number of fused-ring (bicyclic) bond motifs is 1. The van der Waals surface area contributed by atoms with Crippen molar-refractivity contribution in [3.8, 4) is 0 Å².